The molecule has 0 atom stereocenters. The number of hydrogen-bond donors (Lipinski definition) is 2. The van der Waals surface area contributed by atoms with Gasteiger partial charge in [-0.15, -0.1) is 0 Å². The summed E-state index contributed by atoms with van der Waals surface area (Å²) in [5.41, 5.74) is 1.80. The number of unbranched alkanes of at least 4 members (excludes halogenated alkanes) is 1. The van der Waals surface area contributed by atoms with Crippen LogP contribution in [0.25, 0.3) is 0 Å². The second-order valence-corrected chi connectivity index (χ2v) is 6.21. The van der Waals surface area contributed by atoms with Gasteiger partial charge < -0.3 is 10.6 Å². The number of amides is 1. The Kier molecular flexibility index (Phi) is 7.11. The van der Waals surface area contributed by atoms with Gasteiger partial charge in [0.15, 0.2) is 0 Å². The summed E-state index contributed by atoms with van der Waals surface area (Å²) in [6.45, 7) is 2.15. The summed E-state index contributed by atoms with van der Waals surface area (Å²) in [4.78, 5) is 20.2. The van der Waals surface area contributed by atoms with Crippen LogP contribution in [0.1, 0.15) is 25.3 Å². The molecule has 0 saturated heterocycles. The minimum Gasteiger partial charge on any atom is -0.329 e. The average Bonchev–Trinajstić information content (AvgIpc) is 2.63. The number of carbonyl (C=O) groups is 1. The topological polar surface area (TPSA) is 90.7 Å². The number of carbonyl (C=O) groups excluding carboxylic acids is 1. The van der Waals surface area contributed by atoms with Crippen molar-refractivity contribution < 1.29 is 4.79 Å². The third-order valence-electron chi connectivity index (χ3n) is 3.36. The number of rotatable bonds is 7. The molecule has 25 heavy (non-hydrogen) atoms. The number of nitrogens with zero attached hydrogens (tertiary/aromatic N) is 3. The van der Waals surface area contributed by atoms with Crippen molar-refractivity contribution in [1.29, 1.82) is 5.26 Å². The van der Waals surface area contributed by atoms with E-state index in [9.17, 15) is 10.1 Å². The zero-order valence-electron chi connectivity index (χ0n) is 13.8. The second-order valence-electron chi connectivity index (χ2n) is 5.29. The molecule has 1 aromatic heterocycles. The molecule has 6 nitrogen and oxygen atoms in total. The lowest BCUT2D eigenvalue weighted by molar-refractivity contribution is -0.112. The summed E-state index contributed by atoms with van der Waals surface area (Å²) in [6, 6.07) is 9.50. The number of aryl methyl sites for hydroxylation is 1. The predicted molar refractivity (Wildman–Crippen MR) is 101 cm³/mol. The van der Waals surface area contributed by atoms with E-state index in [4.69, 9.17) is 0 Å². The molecule has 1 heterocycles. The molecule has 1 aromatic carbocycles. The van der Waals surface area contributed by atoms with E-state index in [1.54, 1.807) is 12.4 Å². The van der Waals surface area contributed by atoms with Crippen LogP contribution < -0.4 is 10.6 Å². The van der Waals surface area contributed by atoms with Crippen molar-refractivity contribution in [2.45, 2.75) is 26.2 Å². The maximum atomic E-state index is 12.2. The van der Waals surface area contributed by atoms with E-state index < -0.39 is 5.91 Å². The summed E-state index contributed by atoms with van der Waals surface area (Å²) in [7, 11) is 0. The van der Waals surface area contributed by atoms with Gasteiger partial charge in [0.2, 0.25) is 5.95 Å². The maximum Gasteiger partial charge on any atom is 0.267 e. The molecule has 0 aliphatic heterocycles. The molecular weight excluding hydrogens is 382 g/mol. The Labute approximate surface area is 155 Å². The van der Waals surface area contributed by atoms with Crippen molar-refractivity contribution in [3.05, 3.63) is 58.5 Å². The monoisotopic (exact) mass is 399 g/mol. The van der Waals surface area contributed by atoms with Gasteiger partial charge in [0, 0.05) is 24.3 Å². The highest BCUT2D eigenvalue weighted by atomic mass is 79.9. The van der Waals surface area contributed by atoms with Crippen molar-refractivity contribution in [3.8, 4) is 6.07 Å². The molecule has 0 bridgehead atoms. The number of halogens is 1. The zero-order chi connectivity index (χ0) is 18.1. The average molecular weight is 400 g/mol. The van der Waals surface area contributed by atoms with Crippen molar-refractivity contribution in [2.75, 3.05) is 10.6 Å². The van der Waals surface area contributed by atoms with Crippen molar-refractivity contribution in [3.63, 3.8) is 0 Å². The molecule has 0 aliphatic rings. The lowest BCUT2D eigenvalue weighted by Crippen LogP contribution is -2.14. The first-order valence-corrected chi connectivity index (χ1v) is 8.66. The number of aromatic nitrogens is 2. The van der Waals surface area contributed by atoms with E-state index >= 15 is 0 Å². The van der Waals surface area contributed by atoms with Gasteiger partial charge in [0.1, 0.15) is 11.6 Å². The molecule has 0 fully saturated rings. The molecule has 0 unspecified atom stereocenters. The first-order chi connectivity index (χ1) is 12.1. The van der Waals surface area contributed by atoms with Crippen LogP contribution in [0.15, 0.2) is 52.9 Å². The van der Waals surface area contributed by atoms with Gasteiger partial charge in [-0.2, -0.15) is 5.26 Å². The van der Waals surface area contributed by atoms with Gasteiger partial charge in [0.25, 0.3) is 5.91 Å². The normalized spacial score (nSPS) is 10.8. The van der Waals surface area contributed by atoms with E-state index in [1.807, 2.05) is 30.3 Å². The predicted octanol–water partition coefficient (Wildman–Crippen LogP) is 4.04. The van der Waals surface area contributed by atoms with Crippen molar-refractivity contribution >= 4 is 33.5 Å². The molecular formula is C18H18BrN5O. The van der Waals surface area contributed by atoms with Gasteiger partial charge in [-0.1, -0.05) is 25.5 Å². The van der Waals surface area contributed by atoms with Crippen LogP contribution in [0.3, 0.4) is 0 Å². The van der Waals surface area contributed by atoms with Gasteiger partial charge in [-0.25, -0.2) is 9.97 Å². The highest BCUT2D eigenvalue weighted by Gasteiger charge is 2.09. The zero-order valence-corrected chi connectivity index (χ0v) is 15.4. The summed E-state index contributed by atoms with van der Waals surface area (Å²) < 4.78 is 0.739. The molecule has 0 radical (unpaired) electrons. The Morgan fingerprint density at radius 2 is 1.96 bits per heavy atom. The van der Waals surface area contributed by atoms with Gasteiger partial charge in [-0.05, 0) is 46.5 Å². The molecule has 0 aliphatic carbocycles. The minimum atomic E-state index is -0.492. The first-order valence-electron chi connectivity index (χ1n) is 7.87. The molecule has 2 rings (SSSR count). The highest BCUT2D eigenvalue weighted by molar-refractivity contribution is 9.10. The van der Waals surface area contributed by atoms with Crippen molar-refractivity contribution in [2.24, 2.45) is 0 Å². The van der Waals surface area contributed by atoms with Crippen LogP contribution in [0.4, 0.5) is 11.6 Å². The van der Waals surface area contributed by atoms with E-state index in [0.717, 1.165) is 23.7 Å². The number of nitriles is 1. The van der Waals surface area contributed by atoms with Crippen LogP contribution in [0.5, 0.6) is 0 Å². The number of benzene rings is 1. The summed E-state index contributed by atoms with van der Waals surface area (Å²) in [5.74, 6) is -0.197. The van der Waals surface area contributed by atoms with Crippen LogP contribution in [-0.4, -0.2) is 15.9 Å². The Balaban J connectivity index is 1.98. The van der Waals surface area contributed by atoms with Crippen LogP contribution >= 0.6 is 15.9 Å². The highest BCUT2D eigenvalue weighted by Crippen LogP contribution is 2.13. The molecule has 2 N–H and O–H groups in total. The van der Waals surface area contributed by atoms with Crippen LogP contribution in [0, 0.1) is 11.3 Å². The Morgan fingerprint density at radius 1 is 1.28 bits per heavy atom. The van der Waals surface area contributed by atoms with E-state index in [2.05, 4.69) is 43.5 Å². The van der Waals surface area contributed by atoms with Crippen molar-refractivity contribution in [1.82, 2.24) is 9.97 Å². The van der Waals surface area contributed by atoms with E-state index in [1.165, 1.54) is 11.8 Å². The standard InChI is InChI=1S/C18H18BrN5O/c1-2-3-4-13-5-7-16(8-6-13)24-17(25)14(9-20)10-21-18-22-11-15(19)12-23-18/h5-8,10-12H,2-4H2,1H3,(H,24,25)(H,21,22,23)/b14-10-. The third kappa shape index (κ3) is 6.01. The lowest BCUT2D eigenvalue weighted by atomic mass is 10.1. The molecule has 1 amide bonds. The molecule has 7 heteroatoms. The molecule has 2 aromatic rings. The maximum absolute atomic E-state index is 12.2. The second kappa shape index (κ2) is 9.55. The Morgan fingerprint density at radius 3 is 2.56 bits per heavy atom. The summed E-state index contributed by atoms with van der Waals surface area (Å²) in [5, 5.41) is 14.6. The lowest BCUT2D eigenvalue weighted by Gasteiger charge is -2.06. The quantitative estimate of drug-likeness (QED) is 0.541. The number of nitrogens with one attached hydrogen (secondary N) is 2. The number of anilines is 2. The van der Waals surface area contributed by atoms with Crippen LogP contribution in [-0.2, 0) is 11.2 Å². The first kappa shape index (κ1) is 18.6. The van der Waals surface area contributed by atoms with E-state index in [-0.39, 0.29) is 5.57 Å². The Bertz CT molecular complexity index is 779. The van der Waals surface area contributed by atoms with Crippen LogP contribution in [0.2, 0.25) is 0 Å². The fourth-order valence-electron chi connectivity index (χ4n) is 2.01. The largest absolute Gasteiger partial charge is 0.329 e. The van der Waals surface area contributed by atoms with Gasteiger partial charge >= 0.3 is 0 Å². The smallest absolute Gasteiger partial charge is 0.267 e. The molecule has 0 spiro atoms. The SMILES string of the molecule is CCCCc1ccc(NC(=O)/C(C#N)=C\Nc2ncc(Br)cn2)cc1. The van der Waals surface area contributed by atoms with E-state index in [0.29, 0.717) is 11.6 Å². The Hall–Kier alpha value is -2.72. The summed E-state index contributed by atoms with van der Waals surface area (Å²) >= 11 is 3.23. The third-order valence-corrected chi connectivity index (χ3v) is 3.77. The molecule has 128 valence electrons. The summed E-state index contributed by atoms with van der Waals surface area (Å²) in [6.07, 6.45) is 7.71. The fraction of sp³-hybridized carbons (Fsp3) is 0.222. The van der Waals surface area contributed by atoms with Gasteiger partial charge in [0.05, 0.1) is 4.47 Å². The molecule has 0 saturated carbocycles. The fourth-order valence-corrected chi connectivity index (χ4v) is 2.21. The minimum absolute atomic E-state index is 0.0680. The van der Waals surface area contributed by atoms with Gasteiger partial charge in [-0.3, -0.25) is 4.79 Å². The number of hydrogen-bond acceptors (Lipinski definition) is 5.